The Balaban J connectivity index is 1.89. The first-order valence-corrected chi connectivity index (χ1v) is 14.3. The fourth-order valence-corrected chi connectivity index (χ4v) is 6.37. The number of halogens is 1. The molecule has 0 unspecified atom stereocenters. The van der Waals surface area contributed by atoms with Crippen molar-refractivity contribution in [3.8, 4) is 5.75 Å². The van der Waals surface area contributed by atoms with Crippen molar-refractivity contribution >= 4 is 48.9 Å². The van der Waals surface area contributed by atoms with E-state index in [0.717, 1.165) is 29.8 Å². The Kier molecular flexibility index (Phi) is 8.12. The lowest BCUT2D eigenvalue weighted by atomic mass is 10.2. The molecule has 12 heteroatoms. The van der Waals surface area contributed by atoms with Gasteiger partial charge >= 0.3 is 0 Å². The summed E-state index contributed by atoms with van der Waals surface area (Å²) in [5, 5.41) is 2.92. The second kappa shape index (κ2) is 10.5. The van der Waals surface area contributed by atoms with Gasteiger partial charge in [0.2, 0.25) is 26.0 Å². The Morgan fingerprint density at radius 3 is 2.38 bits per heavy atom. The van der Waals surface area contributed by atoms with Crippen LogP contribution in [0.2, 0.25) is 5.02 Å². The van der Waals surface area contributed by atoms with Gasteiger partial charge in [0.05, 0.1) is 29.6 Å². The monoisotopic (exact) mass is 529 g/mol. The first kappa shape index (κ1) is 26.3. The van der Waals surface area contributed by atoms with Crippen molar-refractivity contribution in [3.05, 3.63) is 47.0 Å². The van der Waals surface area contributed by atoms with Crippen LogP contribution in [0.4, 0.5) is 11.4 Å². The summed E-state index contributed by atoms with van der Waals surface area (Å²) in [6, 6.07) is 8.97. The summed E-state index contributed by atoms with van der Waals surface area (Å²) in [6.45, 7) is 2.06. The maximum absolute atomic E-state index is 13.1. The molecule has 0 radical (unpaired) electrons. The minimum atomic E-state index is -3.83. The maximum Gasteiger partial charge on any atom is 0.245 e. The lowest BCUT2D eigenvalue weighted by molar-refractivity contribution is -0.114. The zero-order valence-corrected chi connectivity index (χ0v) is 21.6. The fourth-order valence-electron chi connectivity index (χ4n) is 3.75. The molecule has 1 N–H and O–H groups in total. The first-order valence-electron chi connectivity index (χ1n) is 10.7. The molecule has 1 aliphatic heterocycles. The van der Waals surface area contributed by atoms with E-state index in [9.17, 15) is 21.6 Å². The number of piperidine rings is 1. The summed E-state index contributed by atoms with van der Waals surface area (Å²) in [7, 11) is -6.17. The third-order valence-electron chi connectivity index (χ3n) is 5.53. The number of benzene rings is 2. The highest BCUT2D eigenvalue weighted by Gasteiger charge is 2.28. The molecule has 0 aliphatic carbocycles. The van der Waals surface area contributed by atoms with Crippen molar-refractivity contribution in [1.82, 2.24) is 4.31 Å². The van der Waals surface area contributed by atoms with Gasteiger partial charge in [-0.15, -0.1) is 0 Å². The Morgan fingerprint density at radius 1 is 1.09 bits per heavy atom. The number of aryl methyl sites for hydroxylation is 1. The number of carbonyl (C=O) groups is 1. The van der Waals surface area contributed by atoms with Crippen LogP contribution < -0.4 is 14.4 Å². The van der Waals surface area contributed by atoms with Crippen LogP contribution >= 0.6 is 11.6 Å². The van der Waals surface area contributed by atoms with Gasteiger partial charge in [-0.3, -0.25) is 9.10 Å². The van der Waals surface area contributed by atoms with E-state index in [2.05, 4.69) is 5.32 Å². The van der Waals surface area contributed by atoms with Crippen molar-refractivity contribution in [2.75, 3.05) is 42.6 Å². The molecule has 0 atom stereocenters. The van der Waals surface area contributed by atoms with Crippen molar-refractivity contribution < 1.29 is 26.4 Å². The number of nitrogens with zero attached hydrogens (tertiary/aromatic N) is 2. The number of hydrogen-bond donors (Lipinski definition) is 1. The largest absolute Gasteiger partial charge is 0.495 e. The van der Waals surface area contributed by atoms with Gasteiger partial charge in [0.15, 0.2) is 0 Å². The Morgan fingerprint density at radius 2 is 1.76 bits per heavy atom. The van der Waals surface area contributed by atoms with E-state index in [1.807, 2.05) is 0 Å². The van der Waals surface area contributed by atoms with Crippen LogP contribution in [0.25, 0.3) is 0 Å². The van der Waals surface area contributed by atoms with E-state index in [1.165, 1.54) is 35.7 Å². The van der Waals surface area contributed by atoms with Gasteiger partial charge in [-0.2, -0.15) is 4.31 Å². The summed E-state index contributed by atoms with van der Waals surface area (Å²) in [5.41, 5.74) is 1.02. The number of rotatable bonds is 8. The maximum atomic E-state index is 13.1. The quantitative estimate of drug-likeness (QED) is 0.561. The van der Waals surface area contributed by atoms with Crippen LogP contribution in [-0.4, -0.2) is 60.0 Å². The van der Waals surface area contributed by atoms with E-state index in [0.29, 0.717) is 23.7 Å². The van der Waals surface area contributed by atoms with E-state index >= 15 is 0 Å². The summed E-state index contributed by atoms with van der Waals surface area (Å²) in [4.78, 5) is 12.9. The highest BCUT2D eigenvalue weighted by atomic mass is 35.5. The molecule has 1 heterocycles. The minimum absolute atomic E-state index is 0.0242. The molecule has 0 spiro atoms. The molecule has 1 amide bonds. The molecule has 0 aromatic heterocycles. The lowest BCUT2D eigenvalue weighted by Gasteiger charge is -2.26. The number of hydrogen-bond acceptors (Lipinski definition) is 6. The van der Waals surface area contributed by atoms with Crippen molar-refractivity contribution in [2.24, 2.45) is 0 Å². The molecular weight excluding hydrogens is 502 g/mol. The smallest absolute Gasteiger partial charge is 0.245 e. The molecule has 186 valence electrons. The second-order valence-corrected chi connectivity index (χ2v) is 12.4. The fraction of sp³-hybridized carbons (Fsp3) is 0.409. The van der Waals surface area contributed by atoms with Crippen molar-refractivity contribution in [1.29, 1.82) is 0 Å². The van der Waals surface area contributed by atoms with E-state index in [1.54, 1.807) is 19.1 Å². The van der Waals surface area contributed by atoms with Gasteiger partial charge in [-0.1, -0.05) is 24.1 Å². The van der Waals surface area contributed by atoms with Crippen LogP contribution in [0.5, 0.6) is 5.75 Å². The molecule has 1 fully saturated rings. The van der Waals surface area contributed by atoms with Gasteiger partial charge in [0, 0.05) is 18.1 Å². The number of ether oxygens (including phenoxy) is 1. The average Bonchev–Trinajstić information content (AvgIpc) is 2.79. The van der Waals surface area contributed by atoms with Crippen LogP contribution in [0.15, 0.2) is 41.3 Å². The number of anilines is 2. The number of amides is 1. The second-order valence-electron chi connectivity index (χ2n) is 8.08. The molecule has 34 heavy (non-hydrogen) atoms. The average molecular weight is 530 g/mol. The molecule has 9 nitrogen and oxygen atoms in total. The Labute approximate surface area is 205 Å². The van der Waals surface area contributed by atoms with Crippen LogP contribution in [0, 0.1) is 6.92 Å². The number of nitrogens with one attached hydrogen (secondary N) is 1. The van der Waals surface area contributed by atoms with Gasteiger partial charge in [0.25, 0.3) is 0 Å². The SMILES string of the molecule is COc1ccc(S(=O)(=O)N2CCCCC2)cc1NC(=O)CN(c1cc(Cl)ccc1C)S(C)(=O)=O. The van der Waals surface area contributed by atoms with Gasteiger partial charge < -0.3 is 10.1 Å². The molecular formula is C22H28ClN3O6S2. The minimum Gasteiger partial charge on any atom is -0.495 e. The van der Waals surface area contributed by atoms with Crippen molar-refractivity contribution in [3.63, 3.8) is 0 Å². The van der Waals surface area contributed by atoms with Crippen LogP contribution in [0.3, 0.4) is 0 Å². The molecule has 3 rings (SSSR count). The molecule has 0 bridgehead atoms. The summed E-state index contributed by atoms with van der Waals surface area (Å²) >= 11 is 6.04. The number of sulfonamides is 2. The molecule has 2 aromatic carbocycles. The van der Waals surface area contributed by atoms with Crippen LogP contribution in [-0.2, 0) is 24.8 Å². The van der Waals surface area contributed by atoms with Crippen molar-refractivity contribution in [2.45, 2.75) is 31.1 Å². The normalized spacial score (nSPS) is 15.1. The number of carbonyl (C=O) groups excluding carboxylic acids is 1. The summed E-state index contributed by atoms with van der Waals surface area (Å²) in [6.07, 6.45) is 3.57. The van der Waals surface area contributed by atoms with E-state index in [4.69, 9.17) is 16.3 Å². The zero-order chi connectivity index (χ0) is 25.1. The molecule has 1 aliphatic rings. The lowest BCUT2D eigenvalue weighted by Crippen LogP contribution is -2.38. The van der Waals surface area contributed by atoms with E-state index in [-0.39, 0.29) is 22.0 Å². The summed E-state index contributed by atoms with van der Waals surface area (Å²) < 4.78 is 58.7. The number of methoxy groups -OCH3 is 1. The highest BCUT2D eigenvalue weighted by molar-refractivity contribution is 7.92. The third-order valence-corrected chi connectivity index (χ3v) is 8.78. The van der Waals surface area contributed by atoms with Gasteiger partial charge in [-0.25, -0.2) is 16.8 Å². The summed E-state index contributed by atoms with van der Waals surface area (Å²) in [5.74, 6) is -0.425. The highest BCUT2D eigenvalue weighted by Crippen LogP contribution is 2.31. The van der Waals surface area contributed by atoms with Gasteiger partial charge in [0.1, 0.15) is 12.3 Å². The molecule has 2 aromatic rings. The van der Waals surface area contributed by atoms with Gasteiger partial charge in [-0.05, 0) is 55.7 Å². The standard InChI is InChI=1S/C22H28ClN3O6S2/c1-16-7-8-17(23)13-20(16)26(33(3,28)29)15-22(27)24-19-14-18(9-10-21(19)32-2)34(30,31)25-11-5-4-6-12-25/h7-10,13-14H,4-6,11-12,15H2,1-3H3,(H,24,27). The predicted octanol–water partition coefficient (Wildman–Crippen LogP) is 3.24. The predicted molar refractivity (Wildman–Crippen MR) is 133 cm³/mol. The zero-order valence-electron chi connectivity index (χ0n) is 19.2. The molecule has 0 saturated carbocycles. The van der Waals surface area contributed by atoms with Crippen LogP contribution in [0.1, 0.15) is 24.8 Å². The Hall–Kier alpha value is -2.34. The van der Waals surface area contributed by atoms with E-state index < -0.39 is 32.5 Å². The Bertz CT molecular complexity index is 1280. The first-order chi connectivity index (χ1) is 15.9. The molecule has 1 saturated heterocycles. The topological polar surface area (TPSA) is 113 Å². The third kappa shape index (κ3) is 6.01.